The number of aromatic nitrogens is 1. The van der Waals surface area contributed by atoms with Crippen molar-refractivity contribution in [1.82, 2.24) is 9.99 Å². The highest BCUT2D eigenvalue weighted by atomic mass is 35.5. The maximum absolute atomic E-state index is 12.4. The topological polar surface area (TPSA) is 46.4 Å². The van der Waals surface area contributed by atoms with Gasteiger partial charge in [-0.05, 0) is 42.8 Å². The molecule has 1 aromatic heterocycles. The van der Waals surface area contributed by atoms with Crippen molar-refractivity contribution in [2.45, 2.75) is 13.5 Å². The number of hydrogen-bond acceptors (Lipinski definition) is 2. The van der Waals surface area contributed by atoms with Crippen LogP contribution >= 0.6 is 34.8 Å². The Kier molecular flexibility index (Phi) is 6.33. The number of amides is 1. The molecule has 0 aliphatic carbocycles. The molecule has 1 heterocycles. The first-order chi connectivity index (χ1) is 15.0. The van der Waals surface area contributed by atoms with Gasteiger partial charge in [0.2, 0.25) is 0 Å². The van der Waals surface area contributed by atoms with Crippen LogP contribution < -0.4 is 5.43 Å². The van der Waals surface area contributed by atoms with E-state index in [1.54, 1.807) is 18.3 Å². The molecule has 156 valence electrons. The lowest BCUT2D eigenvalue weighted by Gasteiger charge is -2.10. The van der Waals surface area contributed by atoms with Gasteiger partial charge in [0.05, 0.1) is 16.8 Å². The third kappa shape index (κ3) is 4.47. The van der Waals surface area contributed by atoms with Crippen LogP contribution in [0.1, 0.15) is 27.2 Å². The molecular formula is C24H18Cl3N3O. The first kappa shape index (κ1) is 21.4. The molecule has 0 aliphatic heterocycles. The lowest BCUT2D eigenvalue weighted by molar-refractivity contribution is 0.0955. The zero-order valence-corrected chi connectivity index (χ0v) is 18.8. The molecule has 0 saturated carbocycles. The number of hydrogen-bond donors (Lipinski definition) is 1. The largest absolute Gasteiger partial charge is 0.340 e. The van der Waals surface area contributed by atoms with Crippen molar-refractivity contribution in [2.75, 3.05) is 0 Å². The Morgan fingerprint density at radius 3 is 2.52 bits per heavy atom. The summed E-state index contributed by atoms with van der Waals surface area (Å²) in [5.74, 6) is -0.407. The number of carbonyl (C=O) groups is 1. The third-order valence-corrected chi connectivity index (χ3v) is 6.02. The molecule has 0 bridgehead atoms. The summed E-state index contributed by atoms with van der Waals surface area (Å²) < 4.78 is 2.19. The lowest BCUT2D eigenvalue weighted by Crippen LogP contribution is -2.18. The molecule has 0 atom stereocenters. The van der Waals surface area contributed by atoms with Gasteiger partial charge in [0, 0.05) is 38.8 Å². The average molecular weight is 471 g/mol. The summed E-state index contributed by atoms with van der Waals surface area (Å²) in [5.41, 5.74) is 6.88. The minimum Gasteiger partial charge on any atom is -0.340 e. The van der Waals surface area contributed by atoms with Crippen molar-refractivity contribution in [3.8, 4) is 0 Å². The van der Waals surface area contributed by atoms with Gasteiger partial charge >= 0.3 is 0 Å². The maximum Gasteiger partial charge on any atom is 0.272 e. The Morgan fingerprint density at radius 2 is 1.74 bits per heavy atom. The minimum atomic E-state index is -0.407. The fourth-order valence-electron chi connectivity index (χ4n) is 3.51. The molecule has 0 unspecified atom stereocenters. The summed E-state index contributed by atoms with van der Waals surface area (Å²) in [7, 11) is 0. The van der Waals surface area contributed by atoms with Gasteiger partial charge in [-0.15, -0.1) is 0 Å². The summed E-state index contributed by atoms with van der Waals surface area (Å²) >= 11 is 18.4. The van der Waals surface area contributed by atoms with E-state index in [0.717, 1.165) is 32.7 Å². The van der Waals surface area contributed by atoms with E-state index in [2.05, 4.69) is 21.2 Å². The van der Waals surface area contributed by atoms with Crippen LogP contribution in [0.15, 0.2) is 71.8 Å². The van der Waals surface area contributed by atoms with E-state index in [4.69, 9.17) is 34.8 Å². The normalized spacial score (nSPS) is 11.4. The van der Waals surface area contributed by atoms with E-state index in [0.29, 0.717) is 17.1 Å². The second kappa shape index (κ2) is 9.15. The van der Waals surface area contributed by atoms with Crippen LogP contribution in [0.5, 0.6) is 0 Å². The highest BCUT2D eigenvalue weighted by Gasteiger charge is 2.14. The van der Waals surface area contributed by atoms with E-state index < -0.39 is 5.91 Å². The number of hydrazone groups is 1. The van der Waals surface area contributed by atoms with Gasteiger partial charge in [0.15, 0.2) is 0 Å². The molecule has 0 aliphatic rings. The summed E-state index contributed by atoms with van der Waals surface area (Å²) in [6.45, 7) is 2.66. The fraction of sp³-hybridized carbons (Fsp3) is 0.0833. The van der Waals surface area contributed by atoms with Crippen molar-refractivity contribution in [2.24, 2.45) is 5.10 Å². The SMILES string of the molecule is Cc1c(/C=N\NC(=O)c2ccc(Cl)cc2Cl)c2ccccc2n1Cc1ccccc1Cl. The first-order valence-corrected chi connectivity index (χ1v) is 10.7. The van der Waals surface area contributed by atoms with Crippen molar-refractivity contribution in [3.63, 3.8) is 0 Å². The fourth-order valence-corrected chi connectivity index (χ4v) is 4.20. The molecule has 3 aromatic carbocycles. The number of fused-ring (bicyclic) bond motifs is 1. The Bertz CT molecular complexity index is 1310. The Hall–Kier alpha value is -2.79. The van der Waals surface area contributed by atoms with E-state index in [1.165, 1.54) is 6.07 Å². The van der Waals surface area contributed by atoms with Gasteiger partial charge < -0.3 is 4.57 Å². The van der Waals surface area contributed by atoms with Crippen LogP contribution in [-0.2, 0) is 6.54 Å². The molecule has 0 radical (unpaired) electrons. The van der Waals surface area contributed by atoms with Crippen LogP contribution in [0.25, 0.3) is 10.9 Å². The standard InChI is InChI=1S/C24H18Cl3N3O/c1-15-20(13-28-29-24(31)19-11-10-17(25)12-22(19)27)18-7-3-5-9-23(18)30(15)14-16-6-2-4-8-21(16)26/h2-13H,14H2,1H3,(H,29,31)/b28-13-. The van der Waals surface area contributed by atoms with Gasteiger partial charge in [-0.1, -0.05) is 71.2 Å². The second-order valence-electron chi connectivity index (χ2n) is 7.02. The zero-order valence-electron chi connectivity index (χ0n) is 16.6. The van der Waals surface area contributed by atoms with Crippen LogP contribution in [-0.4, -0.2) is 16.7 Å². The van der Waals surface area contributed by atoms with Crippen molar-refractivity contribution < 1.29 is 4.79 Å². The molecule has 1 N–H and O–H groups in total. The molecule has 0 fully saturated rings. The van der Waals surface area contributed by atoms with Gasteiger partial charge in [0.25, 0.3) is 5.91 Å². The summed E-state index contributed by atoms with van der Waals surface area (Å²) in [6.07, 6.45) is 1.66. The molecule has 4 rings (SSSR count). The first-order valence-electron chi connectivity index (χ1n) is 9.55. The third-order valence-electron chi connectivity index (χ3n) is 5.10. The predicted octanol–water partition coefficient (Wildman–Crippen LogP) is 6.72. The lowest BCUT2D eigenvalue weighted by atomic mass is 10.1. The van der Waals surface area contributed by atoms with Crippen LogP contribution in [0.2, 0.25) is 15.1 Å². The van der Waals surface area contributed by atoms with Crippen molar-refractivity contribution in [3.05, 3.63) is 104 Å². The van der Waals surface area contributed by atoms with E-state index in [-0.39, 0.29) is 5.02 Å². The molecule has 1 amide bonds. The molecule has 4 nitrogen and oxygen atoms in total. The number of benzene rings is 3. The second-order valence-corrected chi connectivity index (χ2v) is 8.27. The van der Waals surface area contributed by atoms with Crippen molar-refractivity contribution >= 4 is 57.8 Å². The van der Waals surface area contributed by atoms with E-state index in [9.17, 15) is 4.79 Å². The Labute approximate surface area is 195 Å². The quantitative estimate of drug-likeness (QED) is 0.255. The molecule has 0 saturated heterocycles. The Balaban J connectivity index is 1.64. The summed E-state index contributed by atoms with van der Waals surface area (Å²) in [6, 6.07) is 20.6. The zero-order chi connectivity index (χ0) is 22.0. The predicted molar refractivity (Wildman–Crippen MR) is 129 cm³/mol. The molecule has 7 heteroatoms. The number of halogens is 3. The molecule has 4 aromatic rings. The summed E-state index contributed by atoms with van der Waals surface area (Å²) in [4.78, 5) is 12.4. The van der Waals surface area contributed by atoms with Crippen LogP contribution in [0, 0.1) is 6.92 Å². The van der Waals surface area contributed by atoms with Gasteiger partial charge in [0.1, 0.15) is 0 Å². The highest BCUT2D eigenvalue weighted by Crippen LogP contribution is 2.27. The summed E-state index contributed by atoms with van der Waals surface area (Å²) in [5, 5.41) is 6.67. The number of rotatable bonds is 5. The van der Waals surface area contributed by atoms with E-state index >= 15 is 0 Å². The smallest absolute Gasteiger partial charge is 0.272 e. The van der Waals surface area contributed by atoms with Gasteiger partial charge in [-0.25, -0.2) is 5.43 Å². The van der Waals surface area contributed by atoms with Crippen LogP contribution in [0.4, 0.5) is 0 Å². The molecular weight excluding hydrogens is 453 g/mol. The Morgan fingerprint density at radius 1 is 1.00 bits per heavy atom. The number of carbonyl (C=O) groups excluding carboxylic acids is 1. The van der Waals surface area contributed by atoms with Crippen molar-refractivity contribution in [1.29, 1.82) is 0 Å². The number of nitrogens with zero attached hydrogens (tertiary/aromatic N) is 2. The number of nitrogens with one attached hydrogen (secondary N) is 1. The average Bonchev–Trinajstić information content (AvgIpc) is 3.01. The van der Waals surface area contributed by atoms with E-state index in [1.807, 2.05) is 49.4 Å². The number of para-hydroxylation sites is 1. The minimum absolute atomic E-state index is 0.271. The monoisotopic (exact) mass is 469 g/mol. The molecule has 0 spiro atoms. The van der Waals surface area contributed by atoms with Gasteiger partial charge in [-0.2, -0.15) is 5.10 Å². The van der Waals surface area contributed by atoms with Crippen LogP contribution in [0.3, 0.4) is 0 Å². The molecule has 31 heavy (non-hydrogen) atoms. The highest BCUT2D eigenvalue weighted by molar-refractivity contribution is 6.36. The maximum atomic E-state index is 12.4. The van der Waals surface area contributed by atoms with Gasteiger partial charge in [-0.3, -0.25) is 4.79 Å².